The van der Waals surface area contributed by atoms with Gasteiger partial charge >= 0.3 is 0 Å². The Kier molecular flexibility index (Phi) is 2.31. The number of nitrogens with zero attached hydrogens (tertiary/aromatic N) is 2. The zero-order valence-corrected chi connectivity index (χ0v) is 9.19. The van der Waals surface area contributed by atoms with Gasteiger partial charge in [-0.05, 0) is 0 Å². The minimum atomic E-state index is -0.0747. The fourth-order valence-electron chi connectivity index (χ4n) is 1.47. The first-order chi connectivity index (χ1) is 7.09. The fourth-order valence-corrected chi connectivity index (χ4v) is 1.47. The van der Waals surface area contributed by atoms with Gasteiger partial charge in [0, 0.05) is 16.2 Å². The predicted molar refractivity (Wildman–Crippen MR) is 58.4 cm³/mol. The second-order valence-corrected chi connectivity index (χ2v) is 4.57. The van der Waals surface area contributed by atoms with Crippen LogP contribution in [0.2, 0.25) is 0 Å². The normalized spacial score (nSPS) is 11.7. The molecule has 1 aromatic carbocycles. The lowest BCUT2D eigenvalue weighted by Crippen LogP contribution is -2.11. The number of aromatic nitrogens is 2. The second-order valence-electron chi connectivity index (χ2n) is 4.57. The first-order valence-electron chi connectivity index (χ1n) is 4.97. The summed E-state index contributed by atoms with van der Waals surface area (Å²) in [6, 6.07) is 9.96. The minimum Gasteiger partial charge on any atom is -0.341 e. The van der Waals surface area contributed by atoms with Gasteiger partial charge in [-0.1, -0.05) is 51.1 Å². The molecule has 2 rings (SSSR count). The summed E-state index contributed by atoms with van der Waals surface area (Å²) in [6.45, 7) is 6.25. The van der Waals surface area contributed by atoms with E-state index in [1.807, 2.05) is 30.3 Å². The highest BCUT2D eigenvalue weighted by molar-refractivity contribution is 5.61. The molecule has 3 nitrogen and oxygen atoms in total. The Balaban J connectivity index is 2.51. The molecule has 0 aliphatic heterocycles. The largest absolute Gasteiger partial charge is 0.341 e. The van der Waals surface area contributed by atoms with Crippen LogP contribution in [0.3, 0.4) is 0 Å². The highest BCUT2D eigenvalue weighted by Gasteiger charge is 2.25. The van der Waals surface area contributed by atoms with Crippen LogP contribution in [0.25, 0.3) is 11.3 Å². The number of hydrogen-bond donors (Lipinski definition) is 0. The Morgan fingerprint density at radius 3 is 2.33 bits per heavy atom. The van der Waals surface area contributed by atoms with Crippen LogP contribution in [0.15, 0.2) is 34.9 Å². The van der Waals surface area contributed by atoms with Crippen LogP contribution in [0.1, 0.15) is 26.5 Å². The molecular weight excluding hydrogens is 188 g/mol. The van der Waals surface area contributed by atoms with E-state index in [0.29, 0.717) is 0 Å². The number of rotatable bonds is 1. The smallest absolute Gasteiger partial charge is 0.170 e. The Bertz CT molecular complexity index is 440. The lowest BCUT2D eigenvalue weighted by molar-refractivity contribution is 0.316. The maximum absolute atomic E-state index is 5.22. The van der Waals surface area contributed by atoms with Crippen molar-refractivity contribution < 1.29 is 4.52 Å². The Labute approximate surface area is 89.1 Å². The first-order valence-corrected chi connectivity index (χ1v) is 4.97. The van der Waals surface area contributed by atoms with Crippen LogP contribution in [-0.4, -0.2) is 10.4 Å². The maximum atomic E-state index is 5.22. The molecule has 0 unspecified atom stereocenters. The summed E-state index contributed by atoms with van der Waals surface area (Å²) < 4.78 is 5.22. The predicted octanol–water partition coefficient (Wildman–Crippen LogP) is 3.03. The molecule has 1 heterocycles. The number of hydrogen-bond acceptors (Lipinski definition) is 3. The van der Waals surface area contributed by atoms with Gasteiger partial charge in [-0.3, -0.25) is 0 Å². The van der Waals surface area contributed by atoms with Crippen molar-refractivity contribution in [3.05, 3.63) is 36.1 Å². The lowest BCUT2D eigenvalue weighted by atomic mass is 9.90. The molecule has 0 saturated heterocycles. The lowest BCUT2D eigenvalue weighted by Gasteiger charge is -2.14. The third-order valence-corrected chi connectivity index (χ3v) is 2.22. The van der Waals surface area contributed by atoms with Gasteiger partial charge in [0.15, 0.2) is 5.76 Å². The standard InChI is InChI=1S/C12H14N2O/c1-12(2,3)11-10(13-14-15-11)9-7-5-4-6-8-9/h4-8H,1-3H3. The summed E-state index contributed by atoms with van der Waals surface area (Å²) in [6.07, 6.45) is 0. The third-order valence-electron chi connectivity index (χ3n) is 2.22. The number of benzene rings is 1. The van der Waals surface area contributed by atoms with Crippen LogP contribution >= 0.6 is 0 Å². The molecule has 0 amide bonds. The van der Waals surface area contributed by atoms with Crippen LogP contribution in [0.4, 0.5) is 0 Å². The minimum absolute atomic E-state index is 0.0747. The summed E-state index contributed by atoms with van der Waals surface area (Å²) in [5.41, 5.74) is 1.81. The van der Waals surface area contributed by atoms with Gasteiger partial charge in [-0.2, -0.15) is 0 Å². The Hall–Kier alpha value is -1.64. The third kappa shape index (κ3) is 1.91. The van der Waals surface area contributed by atoms with Gasteiger partial charge < -0.3 is 4.52 Å². The van der Waals surface area contributed by atoms with Gasteiger partial charge in [0.2, 0.25) is 0 Å². The van der Waals surface area contributed by atoms with Crippen molar-refractivity contribution in [1.82, 2.24) is 10.4 Å². The monoisotopic (exact) mass is 202 g/mol. The van der Waals surface area contributed by atoms with Crippen LogP contribution in [0, 0.1) is 0 Å². The highest BCUT2D eigenvalue weighted by Crippen LogP contribution is 2.30. The maximum Gasteiger partial charge on any atom is 0.170 e. The molecule has 0 radical (unpaired) electrons. The van der Waals surface area contributed by atoms with Crippen molar-refractivity contribution in [1.29, 1.82) is 0 Å². The quantitative estimate of drug-likeness (QED) is 0.713. The van der Waals surface area contributed by atoms with Gasteiger partial charge in [-0.25, -0.2) is 0 Å². The molecule has 0 aliphatic rings. The van der Waals surface area contributed by atoms with Crippen LogP contribution in [0.5, 0.6) is 0 Å². The fraction of sp³-hybridized carbons (Fsp3) is 0.333. The average Bonchev–Trinajstić information content (AvgIpc) is 2.67. The average molecular weight is 202 g/mol. The van der Waals surface area contributed by atoms with E-state index < -0.39 is 0 Å². The molecule has 0 spiro atoms. The van der Waals surface area contributed by atoms with E-state index in [0.717, 1.165) is 17.0 Å². The molecular formula is C12H14N2O. The Morgan fingerprint density at radius 2 is 1.73 bits per heavy atom. The summed E-state index contributed by atoms with van der Waals surface area (Å²) in [7, 11) is 0. The van der Waals surface area contributed by atoms with Crippen molar-refractivity contribution in [2.24, 2.45) is 0 Å². The molecule has 0 aliphatic carbocycles. The van der Waals surface area contributed by atoms with Crippen molar-refractivity contribution in [3.63, 3.8) is 0 Å². The van der Waals surface area contributed by atoms with E-state index in [1.165, 1.54) is 0 Å². The molecule has 0 bridgehead atoms. The van der Waals surface area contributed by atoms with E-state index in [1.54, 1.807) is 0 Å². The zero-order chi connectivity index (χ0) is 10.9. The van der Waals surface area contributed by atoms with E-state index in [-0.39, 0.29) is 5.41 Å². The van der Waals surface area contributed by atoms with E-state index in [2.05, 4.69) is 31.1 Å². The summed E-state index contributed by atoms with van der Waals surface area (Å²) in [4.78, 5) is 0. The van der Waals surface area contributed by atoms with E-state index in [4.69, 9.17) is 4.52 Å². The summed E-state index contributed by atoms with van der Waals surface area (Å²) in [5.74, 6) is 0.828. The molecule has 3 heteroatoms. The van der Waals surface area contributed by atoms with E-state index in [9.17, 15) is 0 Å². The SMILES string of the molecule is CC(C)(C)c1onnc1-c1ccccc1. The molecule has 0 saturated carbocycles. The van der Waals surface area contributed by atoms with Gasteiger partial charge in [0.1, 0.15) is 5.69 Å². The van der Waals surface area contributed by atoms with Crippen LogP contribution < -0.4 is 0 Å². The van der Waals surface area contributed by atoms with Crippen LogP contribution in [-0.2, 0) is 5.41 Å². The van der Waals surface area contributed by atoms with Crippen molar-refractivity contribution in [2.45, 2.75) is 26.2 Å². The van der Waals surface area contributed by atoms with Gasteiger partial charge in [-0.15, -0.1) is 5.10 Å². The molecule has 1 aromatic heterocycles. The molecule has 0 N–H and O–H groups in total. The van der Waals surface area contributed by atoms with Crippen molar-refractivity contribution in [3.8, 4) is 11.3 Å². The van der Waals surface area contributed by atoms with Crippen molar-refractivity contribution >= 4 is 0 Å². The van der Waals surface area contributed by atoms with Gasteiger partial charge in [0.25, 0.3) is 0 Å². The topological polar surface area (TPSA) is 38.9 Å². The van der Waals surface area contributed by atoms with E-state index >= 15 is 0 Å². The molecule has 15 heavy (non-hydrogen) atoms. The summed E-state index contributed by atoms with van der Waals surface area (Å²) >= 11 is 0. The van der Waals surface area contributed by atoms with Crippen molar-refractivity contribution in [2.75, 3.05) is 0 Å². The highest BCUT2D eigenvalue weighted by atomic mass is 16.5. The zero-order valence-electron chi connectivity index (χ0n) is 9.19. The molecule has 2 aromatic rings. The molecule has 78 valence electrons. The second kappa shape index (κ2) is 3.50. The first kappa shape index (κ1) is 9.90. The molecule has 0 atom stereocenters. The van der Waals surface area contributed by atoms with Gasteiger partial charge in [0.05, 0.1) is 0 Å². The summed E-state index contributed by atoms with van der Waals surface area (Å²) in [5, 5.41) is 7.68. The Morgan fingerprint density at radius 1 is 1.07 bits per heavy atom. The molecule has 0 fully saturated rings.